The zero-order valence-electron chi connectivity index (χ0n) is 7.79. The first-order valence-electron chi connectivity index (χ1n) is 3.72. The number of hydroxylamine groups is 1. The summed E-state index contributed by atoms with van der Waals surface area (Å²) in [4.78, 5) is 21.7. The van der Waals surface area contributed by atoms with Crippen molar-refractivity contribution < 1.29 is 19.9 Å². The van der Waals surface area contributed by atoms with Crippen molar-refractivity contribution in [3.8, 4) is 0 Å². The van der Waals surface area contributed by atoms with E-state index in [2.05, 4.69) is 0 Å². The molecule has 0 heterocycles. The zero-order chi connectivity index (χ0) is 10.6. The van der Waals surface area contributed by atoms with Gasteiger partial charge in [-0.15, -0.1) is 0 Å². The number of carboxylic acids is 1. The topological polar surface area (TPSA) is 86.6 Å². The largest absolute Gasteiger partial charge is 0.480 e. The molecule has 5 heteroatoms. The molecule has 13 heavy (non-hydrogen) atoms. The standard InChI is InChI=1S/C8H13NO4/c1-4(2)5(3)7(10)6(9-13)8(11)12/h6,9,13H,1-3H3,(H,11,12). The molecule has 1 unspecified atom stereocenters. The molecule has 0 aliphatic rings. The number of hydrogen-bond donors (Lipinski definition) is 3. The van der Waals surface area contributed by atoms with E-state index >= 15 is 0 Å². The number of hydrogen-bond acceptors (Lipinski definition) is 4. The lowest BCUT2D eigenvalue weighted by molar-refractivity contribution is -0.145. The zero-order valence-corrected chi connectivity index (χ0v) is 7.79. The van der Waals surface area contributed by atoms with Crippen LogP contribution in [0.4, 0.5) is 0 Å². The van der Waals surface area contributed by atoms with Gasteiger partial charge in [-0.3, -0.25) is 4.79 Å². The van der Waals surface area contributed by atoms with E-state index in [1.165, 1.54) is 12.4 Å². The Labute approximate surface area is 76.0 Å². The van der Waals surface area contributed by atoms with E-state index in [1.807, 2.05) is 0 Å². The Balaban J connectivity index is 4.77. The third kappa shape index (κ3) is 2.96. The SMILES string of the molecule is CC(C)=C(C)C(=O)C(NO)C(=O)O. The van der Waals surface area contributed by atoms with E-state index < -0.39 is 17.8 Å². The molecule has 0 aliphatic heterocycles. The average Bonchev–Trinajstić information content (AvgIpc) is 2.03. The van der Waals surface area contributed by atoms with E-state index in [9.17, 15) is 9.59 Å². The minimum Gasteiger partial charge on any atom is -0.480 e. The Bertz CT molecular complexity index is 253. The van der Waals surface area contributed by atoms with Gasteiger partial charge in [-0.05, 0) is 26.3 Å². The van der Waals surface area contributed by atoms with Crippen LogP contribution in [0.25, 0.3) is 0 Å². The second kappa shape index (κ2) is 4.74. The lowest BCUT2D eigenvalue weighted by atomic mass is 10.0. The molecule has 0 fully saturated rings. The van der Waals surface area contributed by atoms with Crippen molar-refractivity contribution in [2.45, 2.75) is 26.8 Å². The second-order valence-corrected chi connectivity index (χ2v) is 2.89. The molecular formula is C8H13NO4. The molecule has 0 aromatic heterocycles. The number of nitrogens with one attached hydrogen (secondary N) is 1. The van der Waals surface area contributed by atoms with Gasteiger partial charge in [-0.2, -0.15) is 5.48 Å². The molecule has 0 spiro atoms. The molecule has 3 N–H and O–H groups in total. The summed E-state index contributed by atoms with van der Waals surface area (Å²) in [5.74, 6) is -2.02. The van der Waals surface area contributed by atoms with Crippen LogP contribution in [-0.2, 0) is 9.59 Å². The number of Topliss-reactive ketones (excluding diaryl/α,β-unsaturated/α-hetero) is 1. The minimum atomic E-state index is -1.57. The molecule has 0 rings (SSSR count). The van der Waals surface area contributed by atoms with Crippen LogP contribution in [0.2, 0.25) is 0 Å². The molecule has 0 saturated carbocycles. The van der Waals surface area contributed by atoms with Gasteiger partial charge in [0.05, 0.1) is 0 Å². The first kappa shape index (κ1) is 11.8. The molecule has 74 valence electrons. The first-order chi connectivity index (χ1) is 5.91. The highest BCUT2D eigenvalue weighted by Crippen LogP contribution is 2.06. The Morgan fingerprint density at radius 3 is 1.92 bits per heavy atom. The minimum absolute atomic E-state index is 0.342. The van der Waals surface area contributed by atoms with Crippen LogP contribution in [0.15, 0.2) is 11.1 Å². The maximum absolute atomic E-state index is 11.3. The van der Waals surface area contributed by atoms with Crippen LogP contribution in [0.1, 0.15) is 20.8 Å². The average molecular weight is 187 g/mol. The molecule has 0 saturated heterocycles. The third-order valence-electron chi connectivity index (χ3n) is 1.76. The molecular weight excluding hydrogens is 174 g/mol. The quantitative estimate of drug-likeness (QED) is 0.335. The van der Waals surface area contributed by atoms with Gasteiger partial charge in [0.1, 0.15) is 0 Å². The summed E-state index contributed by atoms with van der Waals surface area (Å²) in [5.41, 5.74) is 2.52. The fourth-order valence-corrected chi connectivity index (χ4v) is 0.689. The Morgan fingerprint density at radius 2 is 1.69 bits per heavy atom. The van der Waals surface area contributed by atoms with Crippen molar-refractivity contribution in [1.82, 2.24) is 5.48 Å². The Hall–Kier alpha value is -1.20. The summed E-state index contributed by atoms with van der Waals surface area (Å²) in [6, 6.07) is -1.57. The van der Waals surface area contributed by atoms with Gasteiger partial charge in [0.2, 0.25) is 0 Å². The highest BCUT2D eigenvalue weighted by atomic mass is 16.5. The predicted octanol–water partition coefficient (Wildman–Crippen LogP) is 0.344. The smallest absolute Gasteiger partial charge is 0.331 e. The molecule has 0 amide bonds. The van der Waals surface area contributed by atoms with Gasteiger partial charge in [0.15, 0.2) is 11.8 Å². The number of allylic oxidation sites excluding steroid dienone is 1. The lowest BCUT2D eigenvalue weighted by Crippen LogP contribution is -2.42. The maximum Gasteiger partial charge on any atom is 0.331 e. The molecule has 0 aromatic rings. The van der Waals surface area contributed by atoms with E-state index in [0.717, 1.165) is 5.57 Å². The van der Waals surface area contributed by atoms with Crippen LogP contribution in [0, 0.1) is 0 Å². The number of rotatable bonds is 4. The second-order valence-electron chi connectivity index (χ2n) is 2.89. The fraction of sp³-hybridized carbons (Fsp3) is 0.500. The predicted molar refractivity (Wildman–Crippen MR) is 45.4 cm³/mol. The molecule has 0 aromatic carbocycles. The summed E-state index contributed by atoms with van der Waals surface area (Å²) in [6.07, 6.45) is 0. The van der Waals surface area contributed by atoms with E-state index in [0.29, 0.717) is 5.57 Å². The molecule has 1 atom stereocenters. The number of carbonyl (C=O) groups excluding carboxylic acids is 1. The maximum atomic E-state index is 11.3. The van der Waals surface area contributed by atoms with Crippen molar-refractivity contribution in [3.63, 3.8) is 0 Å². The highest BCUT2D eigenvalue weighted by Gasteiger charge is 2.26. The van der Waals surface area contributed by atoms with Crippen molar-refractivity contribution in [1.29, 1.82) is 0 Å². The van der Waals surface area contributed by atoms with Gasteiger partial charge in [-0.1, -0.05) is 5.57 Å². The summed E-state index contributed by atoms with van der Waals surface area (Å²) in [6.45, 7) is 4.91. The van der Waals surface area contributed by atoms with Crippen LogP contribution in [0.5, 0.6) is 0 Å². The summed E-state index contributed by atoms with van der Waals surface area (Å²) >= 11 is 0. The van der Waals surface area contributed by atoms with Gasteiger partial charge < -0.3 is 10.3 Å². The molecule has 0 aliphatic carbocycles. The normalized spacial score (nSPS) is 12.0. The summed E-state index contributed by atoms with van der Waals surface area (Å²) in [7, 11) is 0. The van der Waals surface area contributed by atoms with Crippen LogP contribution in [0.3, 0.4) is 0 Å². The van der Waals surface area contributed by atoms with E-state index in [-0.39, 0.29) is 0 Å². The molecule has 0 radical (unpaired) electrons. The third-order valence-corrected chi connectivity index (χ3v) is 1.76. The van der Waals surface area contributed by atoms with Crippen LogP contribution in [-0.4, -0.2) is 28.1 Å². The first-order valence-corrected chi connectivity index (χ1v) is 3.72. The van der Waals surface area contributed by atoms with Crippen molar-refractivity contribution >= 4 is 11.8 Å². The molecule has 0 bridgehead atoms. The highest BCUT2D eigenvalue weighted by molar-refractivity contribution is 6.11. The Morgan fingerprint density at radius 1 is 1.23 bits per heavy atom. The van der Waals surface area contributed by atoms with Gasteiger partial charge in [0, 0.05) is 0 Å². The van der Waals surface area contributed by atoms with E-state index in [1.54, 1.807) is 13.8 Å². The van der Waals surface area contributed by atoms with Crippen molar-refractivity contribution in [3.05, 3.63) is 11.1 Å². The van der Waals surface area contributed by atoms with Gasteiger partial charge >= 0.3 is 5.97 Å². The lowest BCUT2D eigenvalue weighted by Gasteiger charge is -2.09. The van der Waals surface area contributed by atoms with Gasteiger partial charge in [0.25, 0.3) is 0 Å². The summed E-state index contributed by atoms with van der Waals surface area (Å²) in [5, 5.41) is 16.9. The Kier molecular flexibility index (Phi) is 4.30. The summed E-state index contributed by atoms with van der Waals surface area (Å²) < 4.78 is 0. The van der Waals surface area contributed by atoms with Gasteiger partial charge in [-0.25, -0.2) is 4.79 Å². The van der Waals surface area contributed by atoms with Crippen LogP contribution >= 0.6 is 0 Å². The monoisotopic (exact) mass is 187 g/mol. The van der Waals surface area contributed by atoms with Crippen molar-refractivity contribution in [2.24, 2.45) is 0 Å². The van der Waals surface area contributed by atoms with Crippen LogP contribution < -0.4 is 5.48 Å². The number of aliphatic carboxylic acids is 1. The van der Waals surface area contributed by atoms with E-state index in [4.69, 9.17) is 10.3 Å². The van der Waals surface area contributed by atoms with Crippen molar-refractivity contribution in [2.75, 3.05) is 0 Å². The number of ketones is 1. The molecule has 5 nitrogen and oxygen atoms in total. The fourth-order valence-electron chi connectivity index (χ4n) is 0.689. The number of carboxylic acid groups (broad SMARTS) is 1. The number of carbonyl (C=O) groups is 2.